The lowest BCUT2D eigenvalue weighted by molar-refractivity contribution is -0.115. The van der Waals surface area contributed by atoms with E-state index in [0.717, 1.165) is 10.8 Å². The molecule has 0 aromatic heterocycles. The normalized spacial score (nSPS) is 10.4. The molecule has 3 rings (SSSR count). The van der Waals surface area contributed by atoms with Crippen LogP contribution in [0.5, 0.6) is 0 Å². The minimum atomic E-state index is -0.428. The zero-order valence-corrected chi connectivity index (χ0v) is 12.8. The first kappa shape index (κ1) is 15.7. The Kier molecular flexibility index (Phi) is 4.52. The molecule has 5 heteroatoms. The maximum absolute atomic E-state index is 12.8. The molecule has 0 aliphatic carbocycles. The fraction of sp³-hybridized carbons (Fsp3) is 0.0526. The number of anilines is 1. The summed E-state index contributed by atoms with van der Waals surface area (Å²) in [6, 6.07) is 18.5. The molecule has 3 aromatic carbocycles. The van der Waals surface area contributed by atoms with Crippen LogP contribution in [0.4, 0.5) is 10.1 Å². The molecule has 0 heterocycles. The summed E-state index contributed by atoms with van der Waals surface area (Å²) in [6.07, 6.45) is 0. The van der Waals surface area contributed by atoms with E-state index in [1.807, 2.05) is 42.5 Å². The van der Waals surface area contributed by atoms with Gasteiger partial charge in [-0.3, -0.25) is 9.59 Å². The molecule has 4 nitrogen and oxygen atoms in total. The predicted octanol–water partition coefficient (Wildman–Crippen LogP) is 3.35. The summed E-state index contributed by atoms with van der Waals surface area (Å²) in [5.74, 6) is -1.18. The lowest BCUT2D eigenvalue weighted by Crippen LogP contribution is -2.32. The van der Waals surface area contributed by atoms with E-state index in [9.17, 15) is 14.0 Å². The van der Waals surface area contributed by atoms with Gasteiger partial charge in [0.05, 0.1) is 6.54 Å². The van der Waals surface area contributed by atoms with Crippen LogP contribution >= 0.6 is 0 Å². The second-order valence-electron chi connectivity index (χ2n) is 5.26. The molecular formula is C19H15FN2O2. The molecule has 0 bridgehead atoms. The third kappa shape index (κ3) is 3.57. The topological polar surface area (TPSA) is 58.2 Å². The summed E-state index contributed by atoms with van der Waals surface area (Å²) < 4.78 is 12.8. The van der Waals surface area contributed by atoms with Crippen LogP contribution in [0.25, 0.3) is 10.8 Å². The number of carbonyl (C=O) groups is 2. The highest BCUT2D eigenvalue weighted by Crippen LogP contribution is 2.22. The predicted molar refractivity (Wildman–Crippen MR) is 91.3 cm³/mol. The lowest BCUT2D eigenvalue weighted by atomic mass is 10.1. The van der Waals surface area contributed by atoms with Crippen molar-refractivity contribution in [2.24, 2.45) is 0 Å². The van der Waals surface area contributed by atoms with Crippen molar-refractivity contribution in [3.05, 3.63) is 78.1 Å². The number of benzene rings is 3. The van der Waals surface area contributed by atoms with Crippen molar-refractivity contribution in [1.29, 1.82) is 0 Å². The summed E-state index contributed by atoms with van der Waals surface area (Å²) in [5, 5.41) is 7.25. The molecule has 24 heavy (non-hydrogen) atoms. The van der Waals surface area contributed by atoms with Crippen molar-refractivity contribution in [2.75, 3.05) is 11.9 Å². The van der Waals surface area contributed by atoms with Gasteiger partial charge < -0.3 is 10.6 Å². The molecular weight excluding hydrogens is 307 g/mol. The largest absolute Gasteiger partial charge is 0.343 e. The Balaban J connectivity index is 1.63. The molecule has 2 N–H and O–H groups in total. The third-order valence-electron chi connectivity index (χ3n) is 3.58. The molecule has 0 aliphatic heterocycles. The van der Waals surface area contributed by atoms with Crippen molar-refractivity contribution in [3.8, 4) is 0 Å². The van der Waals surface area contributed by atoms with Gasteiger partial charge in [0, 0.05) is 16.6 Å². The first-order chi connectivity index (χ1) is 11.6. The van der Waals surface area contributed by atoms with Crippen molar-refractivity contribution in [1.82, 2.24) is 5.32 Å². The Morgan fingerprint density at radius 3 is 2.38 bits per heavy atom. The lowest BCUT2D eigenvalue weighted by Gasteiger charge is -2.09. The highest BCUT2D eigenvalue weighted by atomic mass is 19.1. The fourth-order valence-corrected chi connectivity index (χ4v) is 2.39. The minimum absolute atomic E-state index is 0.167. The molecule has 0 aliphatic rings. The van der Waals surface area contributed by atoms with Crippen LogP contribution in [0.15, 0.2) is 66.7 Å². The van der Waals surface area contributed by atoms with Crippen molar-refractivity contribution >= 4 is 28.3 Å². The van der Waals surface area contributed by atoms with E-state index in [-0.39, 0.29) is 12.5 Å². The smallest absolute Gasteiger partial charge is 0.251 e. The summed E-state index contributed by atoms with van der Waals surface area (Å²) in [4.78, 5) is 24.0. The minimum Gasteiger partial charge on any atom is -0.343 e. The number of nitrogens with one attached hydrogen (secondary N) is 2. The van der Waals surface area contributed by atoms with Crippen molar-refractivity contribution in [2.45, 2.75) is 0 Å². The van der Waals surface area contributed by atoms with Crippen molar-refractivity contribution in [3.63, 3.8) is 0 Å². The van der Waals surface area contributed by atoms with Crippen LogP contribution in [0, 0.1) is 5.82 Å². The highest BCUT2D eigenvalue weighted by Gasteiger charge is 2.09. The van der Waals surface area contributed by atoms with E-state index in [1.54, 1.807) is 0 Å². The molecule has 0 saturated carbocycles. The Hall–Kier alpha value is -3.21. The molecule has 2 amide bonds. The van der Waals surface area contributed by atoms with Gasteiger partial charge in [-0.2, -0.15) is 0 Å². The molecule has 0 spiro atoms. The number of hydrogen-bond acceptors (Lipinski definition) is 2. The van der Waals surface area contributed by atoms with E-state index in [0.29, 0.717) is 11.3 Å². The van der Waals surface area contributed by atoms with Gasteiger partial charge in [-0.25, -0.2) is 4.39 Å². The Labute approximate surface area is 138 Å². The van der Waals surface area contributed by atoms with Crippen LogP contribution in [-0.4, -0.2) is 18.4 Å². The quantitative estimate of drug-likeness (QED) is 0.774. The SMILES string of the molecule is O=C(CNC(=O)c1ccc(F)cc1)Nc1cccc2ccccc12. The fourth-order valence-electron chi connectivity index (χ4n) is 2.39. The number of carbonyl (C=O) groups excluding carboxylic acids is 2. The molecule has 0 atom stereocenters. The second-order valence-corrected chi connectivity index (χ2v) is 5.26. The maximum Gasteiger partial charge on any atom is 0.251 e. The standard InChI is InChI=1S/C19H15FN2O2/c20-15-10-8-14(9-11-15)19(24)21-12-18(23)22-17-7-3-5-13-4-1-2-6-16(13)17/h1-11H,12H2,(H,21,24)(H,22,23). The molecule has 0 fully saturated rings. The van der Waals surface area contributed by atoms with E-state index in [2.05, 4.69) is 10.6 Å². The van der Waals surface area contributed by atoms with Gasteiger partial charge in [0.2, 0.25) is 5.91 Å². The molecule has 120 valence electrons. The van der Waals surface area contributed by atoms with Crippen LogP contribution < -0.4 is 10.6 Å². The summed E-state index contributed by atoms with van der Waals surface area (Å²) in [7, 11) is 0. The number of halogens is 1. The highest BCUT2D eigenvalue weighted by molar-refractivity contribution is 6.04. The molecule has 0 radical (unpaired) electrons. The molecule has 0 saturated heterocycles. The Morgan fingerprint density at radius 2 is 1.58 bits per heavy atom. The number of fused-ring (bicyclic) bond motifs is 1. The Morgan fingerprint density at radius 1 is 0.875 bits per heavy atom. The van der Waals surface area contributed by atoms with E-state index >= 15 is 0 Å². The van der Waals surface area contributed by atoms with Gasteiger partial charge in [0.1, 0.15) is 5.82 Å². The third-order valence-corrected chi connectivity index (χ3v) is 3.58. The van der Waals surface area contributed by atoms with Crippen LogP contribution in [-0.2, 0) is 4.79 Å². The first-order valence-electron chi connectivity index (χ1n) is 7.45. The summed E-state index contributed by atoms with van der Waals surface area (Å²) >= 11 is 0. The average molecular weight is 322 g/mol. The van der Waals surface area contributed by atoms with Gasteiger partial charge in [0.25, 0.3) is 5.91 Å². The number of rotatable bonds is 4. The monoisotopic (exact) mass is 322 g/mol. The summed E-state index contributed by atoms with van der Waals surface area (Å²) in [5.41, 5.74) is 0.989. The van der Waals surface area contributed by atoms with Gasteiger partial charge >= 0.3 is 0 Å². The number of hydrogen-bond donors (Lipinski definition) is 2. The zero-order valence-electron chi connectivity index (χ0n) is 12.8. The average Bonchev–Trinajstić information content (AvgIpc) is 2.61. The second kappa shape index (κ2) is 6.91. The first-order valence-corrected chi connectivity index (χ1v) is 7.45. The Bertz CT molecular complexity index is 886. The van der Waals surface area contributed by atoms with E-state index in [4.69, 9.17) is 0 Å². The van der Waals surface area contributed by atoms with E-state index in [1.165, 1.54) is 24.3 Å². The van der Waals surface area contributed by atoms with Crippen LogP contribution in [0.1, 0.15) is 10.4 Å². The van der Waals surface area contributed by atoms with Gasteiger partial charge in [-0.1, -0.05) is 36.4 Å². The van der Waals surface area contributed by atoms with Gasteiger partial charge in [-0.05, 0) is 35.7 Å². The van der Waals surface area contributed by atoms with Gasteiger partial charge in [-0.15, -0.1) is 0 Å². The molecule has 0 unspecified atom stereocenters. The maximum atomic E-state index is 12.8. The van der Waals surface area contributed by atoms with Gasteiger partial charge in [0.15, 0.2) is 0 Å². The zero-order chi connectivity index (χ0) is 16.9. The molecule has 3 aromatic rings. The van der Waals surface area contributed by atoms with Crippen LogP contribution in [0.2, 0.25) is 0 Å². The van der Waals surface area contributed by atoms with Crippen molar-refractivity contribution < 1.29 is 14.0 Å². The summed E-state index contributed by atoms with van der Waals surface area (Å²) in [6.45, 7) is -0.167. The van der Waals surface area contributed by atoms with E-state index < -0.39 is 11.7 Å². The van der Waals surface area contributed by atoms with Crippen LogP contribution in [0.3, 0.4) is 0 Å². The number of amides is 2.